The predicted octanol–water partition coefficient (Wildman–Crippen LogP) is 3.52. The van der Waals surface area contributed by atoms with Gasteiger partial charge in [0.1, 0.15) is 15.6 Å². The van der Waals surface area contributed by atoms with E-state index in [4.69, 9.17) is 28.3 Å². The van der Waals surface area contributed by atoms with E-state index in [1.807, 2.05) is 0 Å². The van der Waals surface area contributed by atoms with Gasteiger partial charge < -0.3 is 5.11 Å². The molecule has 17 heavy (non-hydrogen) atoms. The first-order valence-electron chi connectivity index (χ1n) is 4.51. The van der Waals surface area contributed by atoms with Crippen molar-refractivity contribution in [3.63, 3.8) is 0 Å². The lowest BCUT2D eigenvalue weighted by molar-refractivity contribution is 0.0701. The summed E-state index contributed by atoms with van der Waals surface area (Å²) < 4.78 is 0. The van der Waals surface area contributed by atoms with E-state index in [0.29, 0.717) is 26.4 Å². The third-order valence-corrected chi connectivity index (χ3v) is 3.65. The summed E-state index contributed by atoms with van der Waals surface area (Å²) in [7, 11) is 0. The molecule has 0 aliphatic rings. The molecular formula is C10H6Cl2N2O2S. The summed E-state index contributed by atoms with van der Waals surface area (Å²) in [6, 6.07) is 1.54. The van der Waals surface area contributed by atoms with Crippen molar-refractivity contribution in [1.29, 1.82) is 0 Å². The molecule has 0 spiro atoms. The molecule has 2 heterocycles. The summed E-state index contributed by atoms with van der Waals surface area (Å²) in [4.78, 5) is 19.3. The second-order valence-corrected chi connectivity index (χ2v) is 5.07. The first-order chi connectivity index (χ1) is 7.99. The number of aromatic carboxylic acids is 1. The van der Waals surface area contributed by atoms with Gasteiger partial charge in [-0.15, -0.1) is 11.3 Å². The highest BCUT2D eigenvalue weighted by Gasteiger charge is 2.17. The Hall–Kier alpha value is -1.17. The average Bonchev–Trinajstić information content (AvgIpc) is 2.60. The molecule has 0 saturated carbocycles. The zero-order chi connectivity index (χ0) is 12.6. The normalized spacial score (nSPS) is 10.5. The van der Waals surface area contributed by atoms with Crippen LogP contribution in [0.3, 0.4) is 0 Å². The molecule has 0 amide bonds. The van der Waals surface area contributed by atoms with E-state index in [0.717, 1.165) is 11.3 Å². The van der Waals surface area contributed by atoms with Gasteiger partial charge in [-0.05, 0) is 13.0 Å². The van der Waals surface area contributed by atoms with E-state index < -0.39 is 5.97 Å². The fourth-order valence-electron chi connectivity index (χ4n) is 1.27. The van der Waals surface area contributed by atoms with Gasteiger partial charge >= 0.3 is 5.97 Å². The Balaban J connectivity index is 2.53. The molecule has 0 fully saturated rings. The fourth-order valence-corrected chi connectivity index (χ4v) is 2.71. The highest BCUT2D eigenvalue weighted by molar-refractivity contribution is 7.17. The van der Waals surface area contributed by atoms with E-state index in [9.17, 15) is 4.79 Å². The number of carboxylic acids is 1. The van der Waals surface area contributed by atoms with Crippen LogP contribution >= 0.6 is 34.5 Å². The summed E-state index contributed by atoms with van der Waals surface area (Å²) in [6.45, 7) is 1.63. The predicted molar refractivity (Wildman–Crippen MR) is 67.1 cm³/mol. The van der Waals surface area contributed by atoms with Gasteiger partial charge in [-0.3, -0.25) is 4.98 Å². The molecule has 0 atom stereocenters. The van der Waals surface area contributed by atoms with Crippen LogP contribution in [0.4, 0.5) is 0 Å². The number of pyridine rings is 1. The summed E-state index contributed by atoms with van der Waals surface area (Å²) >= 11 is 12.8. The highest BCUT2D eigenvalue weighted by Crippen LogP contribution is 2.32. The van der Waals surface area contributed by atoms with Crippen LogP contribution < -0.4 is 0 Å². The van der Waals surface area contributed by atoms with E-state index >= 15 is 0 Å². The van der Waals surface area contributed by atoms with E-state index in [2.05, 4.69) is 9.97 Å². The van der Waals surface area contributed by atoms with Crippen LogP contribution in [0, 0.1) is 6.92 Å². The average molecular weight is 289 g/mol. The second kappa shape index (κ2) is 4.60. The number of aryl methyl sites for hydroxylation is 1. The minimum atomic E-state index is -1.00. The van der Waals surface area contributed by atoms with Crippen LogP contribution in [-0.2, 0) is 0 Å². The van der Waals surface area contributed by atoms with Gasteiger partial charge in [-0.25, -0.2) is 9.78 Å². The topological polar surface area (TPSA) is 63.1 Å². The monoisotopic (exact) mass is 288 g/mol. The van der Waals surface area contributed by atoms with Crippen molar-refractivity contribution in [2.75, 3.05) is 0 Å². The molecule has 0 aromatic carbocycles. The summed E-state index contributed by atoms with van der Waals surface area (Å²) in [5, 5.41) is 10.2. The van der Waals surface area contributed by atoms with Crippen molar-refractivity contribution in [2.24, 2.45) is 0 Å². The molecule has 1 N–H and O–H groups in total. The van der Waals surface area contributed by atoms with Crippen molar-refractivity contribution >= 4 is 40.5 Å². The molecule has 0 bridgehead atoms. The number of aromatic nitrogens is 2. The maximum Gasteiger partial charge on any atom is 0.347 e. The number of nitrogens with zero attached hydrogens (tertiary/aromatic N) is 2. The Morgan fingerprint density at radius 1 is 1.47 bits per heavy atom. The third kappa shape index (κ3) is 2.41. The molecule has 2 aromatic heterocycles. The standard InChI is InChI=1S/C10H6Cl2N2O2S/c1-4-8(10(15)16)17-9(14-4)7-6(12)2-5(11)3-13-7/h2-3H,1H3,(H,15,16). The first kappa shape index (κ1) is 12.3. The van der Waals surface area contributed by atoms with Crippen molar-refractivity contribution in [1.82, 2.24) is 9.97 Å². The number of thiazole rings is 1. The first-order valence-corrected chi connectivity index (χ1v) is 6.08. The number of hydrogen-bond donors (Lipinski definition) is 1. The molecule has 2 rings (SSSR count). The molecular weight excluding hydrogens is 283 g/mol. The second-order valence-electron chi connectivity index (χ2n) is 3.22. The minimum absolute atomic E-state index is 0.188. The van der Waals surface area contributed by atoms with Crippen LogP contribution in [0.5, 0.6) is 0 Å². The van der Waals surface area contributed by atoms with Gasteiger partial charge in [0.2, 0.25) is 0 Å². The maximum atomic E-state index is 10.9. The highest BCUT2D eigenvalue weighted by atomic mass is 35.5. The van der Waals surface area contributed by atoms with Crippen molar-refractivity contribution < 1.29 is 9.90 Å². The van der Waals surface area contributed by atoms with E-state index in [1.54, 1.807) is 13.0 Å². The van der Waals surface area contributed by atoms with Crippen LogP contribution in [0.2, 0.25) is 10.0 Å². The Morgan fingerprint density at radius 3 is 2.71 bits per heavy atom. The molecule has 0 aliphatic carbocycles. The molecule has 0 saturated heterocycles. The smallest absolute Gasteiger partial charge is 0.347 e. The Labute approximate surface area is 111 Å². The van der Waals surface area contributed by atoms with Gasteiger partial charge in [-0.1, -0.05) is 23.2 Å². The number of hydrogen-bond acceptors (Lipinski definition) is 4. The molecule has 0 aliphatic heterocycles. The maximum absolute atomic E-state index is 10.9. The molecule has 2 aromatic rings. The Morgan fingerprint density at radius 2 is 2.18 bits per heavy atom. The summed E-state index contributed by atoms with van der Waals surface area (Å²) in [5.41, 5.74) is 0.891. The number of carboxylic acid groups (broad SMARTS) is 1. The largest absolute Gasteiger partial charge is 0.477 e. The van der Waals surface area contributed by atoms with Crippen molar-refractivity contribution in [3.8, 4) is 10.7 Å². The van der Waals surface area contributed by atoms with Gasteiger partial charge in [-0.2, -0.15) is 0 Å². The van der Waals surface area contributed by atoms with Crippen LogP contribution in [0.1, 0.15) is 15.4 Å². The minimum Gasteiger partial charge on any atom is -0.477 e. The molecule has 4 nitrogen and oxygen atoms in total. The van der Waals surface area contributed by atoms with Crippen LogP contribution in [0.25, 0.3) is 10.7 Å². The summed E-state index contributed by atoms with van der Waals surface area (Å²) in [5.74, 6) is -1.00. The van der Waals surface area contributed by atoms with Crippen molar-refractivity contribution in [3.05, 3.63) is 32.9 Å². The SMILES string of the molecule is Cc1nc(-c2ncc(Cl)cc2Cl)sc1C(=O)O. The van der Waals surface area contributed by atoms with Gasteiger partial charge in [0, 0.05) is 6.20 Å². The Kier molecular flexibility index (Phi) is 3.33. The fraction of sp³-hybridized carbons (Fsp3) is 0.100. The molecule has 0 radical (unpaired) electrons. The van der Waals surface area contributed by atoms with Crippen molar-refractivity contribution in [2.45, 2.75) is 6.92 Å². The molecule has 0 unspecified atom stereocenters. The lowest BCUT2D eigenvalue weighted by Crippen LogP contribution is -1.94. The van der Waals surface area contributed by atoms with E-state index in [1.165, 1.54) is 6.20 Å². The Bertz CT molecular complexity index is 598. The lowest BCUT2D eigenvalue weighted by atomic mass is 10.3. The summed E-state index contributed by atoms with van der Waals surface area (Å²) in [6.07, 6.45) is 1.44. The number of rotatable bonds is 2. The lowest BCUT2D eigenvalue weighted by Gasteiger charge is -1.98. The third-order valence-electron chi connectivity index (χ3n) is 2.00. The number of carbonyl (C=O) groups is 1. The van der Waals surface area contributed by atoms with Crippen LogP contribution in [0.15, 0.2) is 12.3 Å². The quantitative estimate of drug-likeness (QED) is 0.918. The van der Waals surface area contributed by atoms with Gasteiger partial charge in [0.25, 0.3) is 0 Å². The zero-order valence-corrected chi connectivity index (χ0v) is 10.9. The zero-order valence-electron chi connectivity index (χ0n) is 8.57. The molecule has 7 heteroatoms. The van der Waals surface area contributed by atoms with Gasteiger partial charge in [0.15, 0.2) is 0 Å². The number of halogens is 2. The molecule has 88 valence electrons. The van der Waals surface area contributed by atoms with Crippen LogP contribution in [-0.4, -0.2) is 21.0 Å². The van der Waals surface area contributed by atoms with E-state index in [-0.39, 0.29) is 4.88 Å². The van der Waals surface area contributed by atoms with Gasteiger partial charge in [0.05, 0.1) is 15.7 Å².